The van der Waals surface area contributed by atoms with Crippen molar-refractivity contribution in [2.45, 2.75) is 71.3 Å². The summed E-state index contributed by atoms with van der Waals surface area (Å²) in [6.07, 6.45) is 5.44. The Morgan fingerprint density at radius 2 is 1.71 bits per heavy atom. The number of carbonyl (C=O) groups is 1. The van der Waals surface area contributed by atoms with E-state index in [-0.39, 0.29) is 5.78 Å². The summed E-state index contributed by atoms with van der Waals surface area (Å²) in [6.45, 7) is 6.07. The van der Waals surface area contributed by atoms with Crippen molar-refractivity contribution in [3.8, 4) is 0 Å². The number of carbonyl (C=O) groups excluding carboxylic acids is 1. The molecule has 0 amide bonds. The van der Waals surface area contributed by atoms with Gasteiger partial charge in [-0.15, -0.1) is 0 Å². The molecular weight excluding hydrogens is 176 g/mol. The highest BCUT2D eigenvalue weighted by molar-refractivity contribution is 5.86. The van der Waals surface area contributed by atoms with Gasteiger partial charge < -0.3 is 5.11 Å². The minimum atomic E-state index is -1.03. The monoisotopic (exact) mass is 200 g/mol. The summed E-state index contributed by atoms with van der Waals surface area (Å²) < 4.78 is 0. The number of ketones is 1. The zero-order valence-electron chi connectivity index (χ0n) is 9.81. The van der Waals surface area contributed by atoms with Gasteiger partial charge in [-0.05, 0) is 19.3 Å². The Labute approximate surface area is 87.7 Å². The Hall–Kier alpha value is -0.370. The van der Waals surface area contributed by atoms with Crippen LogP contribution in [0.3, 0.4) is 0 Å². The first-order valence-electron chi connectivity index (χ1n) is 5.86. The molecule has 1 atom stereocenters. The second-order valence-electron chi connectivity index (χ2n) is 4.06. The Kier molecular flexibility index (Phi) is 6.81. The van der Waals surface area contributed by atoms with E-state index in [1.54, 1.807) is 0 Å². The molecule has 0 aromatic carbocycles. The molecule has 2 nitrogen and oxygen atoms in total. The van der Waals surface area contributed by atoms with Gasteiger partial charge in [0.1, 0.15) is 5.60 Å². The van der Waals surface area contributed by atoms with Gasteiger partial charge in [0.25, 0.3) is 0 Å². The third kappa shape index (κ3) is 4.23. The fraction of sp³-hybridized carbons (Fsp3) is 0.917. The first kappa shape index (κ1) is 13.6. The van der Waals surface area contributed by atoms with Crippen molar-refractivity contribution in [1.29, 1.82) is 0 Å². The van der Waals surface area contributed by atoms with E-state index in [0.29, 0.717) is 19.3 Å². The topological polar surface area (TPSA) is 37.3 Å². The van der Waals surface area contributed by atoms with E-state index < -0.39 is 5.60 Å². The van der Waals surface area contributed by atoms with Gasteiger partial charge in [0, 0.05) is 6.42 Å². The summed E-state index contributed by atoms with van der Waals surface area (Å²) in [6, 6.07) is 0. The van der Waals surface area contributed by atoms with Gasteiger partial charge in [0.2, 0.25) is 0 Å². The quantitative estimate of drug-likeness (QED) is 0.653. The first-order valence-corrected chi connectivity index (χ1v) is 5.86. The highest BCUT2D eigenvalue weighted by atomic mass is 16.3. The molecule has 0 fully saturated rings. The summed E-state index contributed by atoms with van der Waals surface area (Å²) >= 11 is 0. The van der Waals surface area contributed by atoms with Gasteiger partial charge in [-0.1, -0.05) is 40.0 Å². The summed E-state index contributed by atoms with van der Waals surface area (Å²) in [4.78, 5) is 11.7. The highest BCUT2D eigenvalue weighted by Crippen LogP contribution is 2.23. The van der Waals surface area contributed by atoms with Gasteiger partial charge in [-0.25, -0.2) is 0 Å². The number of hydrogen-bond acceptors (Lipinski definition) is 2. The molecular formula is C12H24O2. The van der Waals surface area contributed by atoms with Crippen LogP contribution < -0.4 is 0 Å². The fourth-order valence-corrected chi connectivity index (χ4v) is 1.75. The molecule has 0 saturated carbocycles. The molecule has 0 radical (unpaired) electrons. The summed E-state index contributed by atoms with van der Waals surface area (Å²) in [5.74, 6) is 0.0373. The number of rotatable bonds is 8. The lowest BCUT2D eigenvalue weighted by atomic mass is 9.86. The van der Waals surface area contributed by atoms with Crippen molar-refractivity contribution in [2.24, 2.45) is 0 Å². The zero-order chi connectivity index (χ0) is 11.0. The molecule has 0 spiro atoms. The van der Waals surface area contributed by atoms with Crippen LogP contribution in [0.2, 0.25) is 0 Å². The number of unbranched alkanes of at least 4 members (excludes halogenated alkanes) is 1. The predicted molar refractivity (Wildman–Crippen MR) is 59.3 cm³/mol. The molecule has 0 aliphatic heterocycles. The van der Waals surface area contributed by atoms with Crippen LogP contribution in [0.25, 0.3) is 0 Å². The second-order valence-corrected chi connectivity index (χ2v) is 4.06. The lowest BCUT2D eigenvalue weighted by Crippen LogP contribution is -2.38. The maximum absolute atomic E-state index is 11.7. The van der Waals surface area contributed by atoms with Crippen molar-refractivity contribution in [2.75, 3.05) is 0 Å². The number of Topliss-reactive ketones (excluding diaryl/α,β-unsaturated/α-hetero) is 1. The largest absolute Gasteiger partial charge is 0.382 e. The molecule has 0 aliphatic carbocycles. The minimum absolute atomic E-state index is 0.0373. The third-order valence-electron chi connectivity index (χ3n) is 2.60. The lowest BCUT2D eigenvalue weighted by Gasteiger charge is -2.26. The standard InChI is InChI=1S/C12H24O2/c1-4-7-10-12(14,9-6-3)11(13)8-5-2/h14H,4-10H2,1-3H3. The average molecular weight is 200 g/mol. The predicted octanol–water partition coefficient (Wildman–Crippen LogP) is 3.08. The second kappa shape index (κ2) is 6.99. The maximum Gasteiger partial charge on any atom is 0.164 e. The van der Waals surface area contributed by atoms with Crippen LogP contribution in [-0.2, 0) is 4.79 Å². The van der Waals surface area contributed by atoms with Gasteiger partial charge in [0.05, 0.1) is 0 Å². The van der Waals surface area contributed by atoms with Crippen molar-refractivity contribution < 1.29 is 9.90 Å². The first-order chi connectivity index (χ1) is 6.60. The third-order valence-corrected chi connectivity index (χ3v) is 2.60. The summed E-state index contributed by atoms with van der Waals surface area (Å²) in [5, 5.41) is 10.2. The van der Waals surface area contributed by atoms with Crippen LogP contribution in [0.5, 0.6) is 0 Å². The van der Waals surface area contributed by atoms with E-state index in [1.807, 2.05) is 13.8 Å². The van der Waals surface area contributed by atoms with Crippen LogP contribution in [-0.4, -0.2) is 16.5 Å². The Balaban J connectivity index is 4.28. The number of hydrogen-bond donors (Lipinski definition) is 1. The molecule has 84 valence electrons. The summed E-state index contributed by atoms with van der Waals surface area (Å²) in [7, 11) is 0. The fourth-order valence-electron chi connectivity index (χ4n) is 1.75. The normalized spacial score (nSPS) is 15.1. The molecule has 0 heterocycles. The molecule has 0 bridgehead atoms. The van der Waals surface area contributed by atoms with Crippen molar-refractivity contribution in [3.63, 3.8) is 0 Å². The Morgan fingerprint density at radius 3 is 2.14 bits per heavy atom. The van der Waals surface area contributed by atoms with Gasteiger partial charge in [-0.3, -0.25) is 4.79 Å². The molecule has 1 N–H and O–H groups in total. The van der Waals surface area contributed by atoms with Gasteiger partial charge in [-0.2, -0.15) is 0 Å². The van der Waals surface area contributed by atoms with Crippen molar-refractivity contribution in [3.05, 3.63) is 0 Å². The molecule has 2 heteroatoms. The van der Waals surface area contributed by atoms with E-state index in [9.17, 15) is 9.90 Å². The van der Waals surface area contributed by atoms with Crippen LogP contribution in [0.15, 0.2) is 0 Å². The molecule has 1 unspecified atom stereocenters. The van der Waals surface area contributed by atoms with Crippen molar-refractivity contribution >= 4 is 5.78 Å². The molecule has 14 heavy (non-hydrogen) atoms. The average Bonchev–Trinajstić information content (AvgIpc) is 2.15. The number of aliphatic hydroxyl groups is 1. The molecule has 0 rings (SSSR count). The SMILES string of the molecule is CCCCC(O)(CCC)C(=O)CCC. The molecule has 0 saturated heterocycles. The summed E-state index contributed by atoms with van der Waals surface area (Å²) in [5.41, 5.74) is -1.03. The van der Waals surface area contributed by atoms with Crippen LogP contribution >= 0.6 is 0 Å². The van der Waals surface area contributed by atoms with Crippen LogP contribution in [0.4, 0.5) is 0 Å². The lowest BCUT2D eigenvalue weighted by molar-refractivity contribution is -0.139. The molecule has 0 aliphatic rings. The van der Waals surface area contributed by atoms with E-state index in [2.05, 4.69) is 6.92 Å². The van der Waals surface area contributed by atoms with E-state index in [4.69, 9.17) is 0 Å². The van der Waals surface area contributed by atoms with Gasteiger partial charge in [0.15, 0.2) is 5.78 Å². The van der Waals surface area contributed by atoms with E-state index >= 15 is 0 Å². The maximum atomic E-state index is 11.7. The van der Waals surface area contributed by atoms with Crippen LogP contribution in [0, 0.1) is 0 Å². The minimum Gasteiger partial charge on any atom is -0.382 e. The Morgan fingerprint density at radius 1 is 1.07 bits per heavy atom. The smallest absolute Gasteiger partial charge is 0.164 e. The van der Waals surface area contributed by atoms with Crippen molar-refractivity contribution in [1.82, 2.24) is 0 Å². The zero-order valence-corrected chi connectivity index (χ0v) is 9.81. The van der Waals surface area contributed by atoms with Crippen LogP contribution in [0.1, 0.15) is 65.7 Å². The molecule has 0 aromatic rings. The van der Waals surface area contributed by atoms with E-state index in [1.165, 1.54) is 0 Å². The van der Waals surface area contributed by atoms with E-state index in [0.717, 1.165) is 25.7 Å². The molecule has 0 aromatic heterocycles. The Bertz CT molecular complexity index is 166. The highest BCUT2D eigenvalue weighted by Gasteiger charge is 2.32. The van der Waals surface area contributed by atoms with Gasteiger partial charge >= 0.3 is 0 Å².